The molecule has 2 aromatic heterocycles. The zero-order valence-electron chi connectivity index (χ0n) is 13.0. The van der Waals surface area contributed by atoms with Crippen LogP contribution in [0.1, 0.15) is 5.56 Å². The summed E-state index contributed by atoms with van der Waals surface area (Å²) < 4.78 is 13.7. The van der Waals surface area contributed by atoms with Gasteiger partial charge in [0.2, 0.25) is 11.9 Å². The maximum Gasteiger partial charge on any atom is 0.220 e. The first-order valence-corrected chi connectivity index (χ1v) is 7.61. The predicted molar refractivity (Wildman–Crippen MR) is 93.7 cm³/mol. The summed E-state index contributed by atoms with van der Waals surface area (Å²) in [4.78, 5) is 11.2. The average molecular weight is 329 g/mol. The molecule has 0 bridgehead atoms. The van der Waals surface area contributed by atoms with E-state index < -0.39 is 5.95 Å². The van der Waals surface area contributed by atoms with Gasteiger partial charge in [-0.05, 0) is 48.0 Å². The Labute approximate surface area is 142 Å². The Kier molecular flexibility index (Phi) is 3.60. The summed E-state index contributed by atoms with van der Waals surface area (Å²) in [7, 11) is 0. The molecule has 0 saturated heterocycles. The van der Waals surface area contributed by atoms with Crippen molar-refractivity contribution in [2.45, 2.75) is 0 Å². The number of imidazole rings is 1. The molecule has 0 unspecified atom stereocenters. The van der Waals surface area contributed by atoms with Crippen LogP contribution >= 0.6 is 0 Å². The molecule has 5 nitrogen and oxygen atoms in total. The standard InChI is InChI=1S/C19H12FN5/c20-18-15(2-1-9-22-18)13-4-6-14(7-5-13)23-19-24-16-8-3-12(11-21)10-17(16)25-19/h1-10H,(H2,23,24,25). The van der Waals surface area contributed by atoms with E-state index >= 15 is 0 Å². The third-order valence-corrected chi connectivity index (χ3v) is 3.83. The van der Waals surface area contributed by atoms with Gasteiger partial charge in [-0.2, -0.15) is 9.65 Å². The molecule has 2 aromatic carbocycles. The van der Waals surface area contributed by atoms with Crippen molar-refractivity contribution in [3.05, 3.63) is 72.3 Å². The van der Waals surface area contributed by atoms with Crippen LogP contribution < -0.4 is 5.32 Å². The maximum absolute atomic E-state index is 13.7. The number of anilines is 2. The lowest BCUT2D eigenvalue weighted by Crippen LogP contribution is -1.92. The van der Waals surface area contributed by atoms with Gasteiger partial charge in [0.05, 0.1) is 22.7 Å². The minimum atomic E-state index is -0.492. The number of hydrogen-bond acceptors (Lipinski definition) is 4. The number of aromatic nitrogens is 3. The van der Waals surface area contributed by atoms with E-state index in [1.807, 2.05) is 24.3 Å². The lowest BCUT2D eigenvalue weighted by atomic mass is 10.1. The summed E-state index contributed by atoms with van der Waals surface area (Å²) >= 11 is 0. The maximum atomic E-state index is 13.7. The van der Waals surface area contributed by atoms with Crippen LogP contribution in [0.4, 0.5) is 16.0 Å². The van der Waals surface area contributed by atoms with E-state index in [1.54, 1.807) is 30.3 Å². The highest BCUT2D eigenvalue weighted by Gasteiger charge is 2.07. The van der Waals surface area contributed by atoms with Crippen LogP contribution in [0.3, 0.4) is 0 Å². The van der Waals surface area contributed by atoms with E-state index in [-0.39, 0.29) is 0 Å². The molecule has 6 heteroatoms. The van der Waals surface area contributed by atoms with Crippen LogP contribution in [0.15, 0.2) is 60.8 Å². The van der Waals surface area contributed by atoms with Crippen LogP contribution in [-0.4, -0.2) is 15.0 Å². The first kappa shape index (κ1) is 14.8. The van der Waals surface area contributed by atoms with Crippen LogP contribution in [0.2, 0.25) is 0 Å². The number of aromatic amines is 1. The summed E-state index contributed by atoms with van der Waals surface area (Å²) in [5.74, 6) is 0.0826. The summed E-state index contributed by atoms with van der Waals surface area (Å²) in [5.41, 5.74) is 4.16. The van der Waals surface area contributed by atoms with Gasteiger partial charge in [-0.15, -0.1) is 0 Å². The molecule has 2 heterocycles. The van der Waals surface area contributed by atoms with E-state index in [4.69, 9.17) is 5.26 Å². The van der Waals surface area contributed by atoms with Crippen molar-refractivity contribution in [3.8, 4) is 17.2 Å². The monoisotopic (exact) mass is 329 g/mol. The van der Waals surface area contributed by atoms with Crippen LogP contribution in [0.5, 0.6) is 0 Å². The summed E-state index contributed by atoms with van der Waals surface area (Å²) in [6, 6.07) is 18.1. The topological polar surface area (TPSA) is 77.4 Å². The molecule has 0 fully saturated rings. The number of nitrogens with one attached hydrogen (secondary N) is 2. The lowest BCUT2D eigenvalue weighted by molar-refractivity contribution is 0.587. The number of pyridine rings is 1. The summed E-state index contributed by atoms with van der Waals surface area (Å²) in [6.07, 6.45) is 1.42. The van der Waals surface area contributed by atoms with Gasteiger partial charge in [-0.25, -0.2) is 9.97 Å². The average Bonchev–Trinajstić information content (AvgIpc) is 3.04. The Bertz CT molecular complexity index is 1090. The van der Waals surface area contributed by atoms with Gasteiger partial charge in [-0.3, -0.25) is 0 Å². The molecule has 0 radical (unpaired) electrons. The molecule has 0 saturated carbocycles. The first-order valence-electron chi connectivity index (χ1n) is 7.61. The molecule has 0 aliphatic heterocycles. The number of fused-ring (bicyclic) bond motifs is 1. The molecule has 2 N–H and O–H groups in total. The number of nitriles is 1. The van der Waals surface area contributed by atoms with Gasteiger partial charge in [0.15, 0.2) is 0 Å². The Hall–Kier alpha value is -3.72. The van der Waals surface area contributed by atoms with Crippen LogP contribution in [-0.2, 0) is 0 Å². The summed E-state index contributed by atoms with van der Waals surface area (Å²) in [5, 5.41) is 12.1. The van der Waals surface area contributed by atoms with Gasteiger partial charge in [0, 0.05) is 17.4 Å². The number of benzene rings is 2. The molecule has 4 rings (SSSR count). The summed E-state index contributed by atoms with van der Waals surface area (Å²) in [6.45, 7) is 0. The minimum Gasteiger partial charge on any atom is -0.326 e. The van der Waals surface area contributed by atoms with E-state index in [0.717, 1.165) is 22.3 Å². The Morgan fingerprint density at radius 1 is 1.08 bits per heavy atom. The van der Waals surface area contributed by atoms with Crippen LogP contribution in [0, 0.1) is 17.3 Å². The smallest absolute Gasteiger partial charge is 0.220 e. The van der Waals surface area contributed by atoms with Crippen molar-refractivity contribution in [3.63, 3.8) is 0 Å². The lowest BCUT2D eigenvalue weighted by Gasteiger charge is -2.05. The van der Waals surface area contributed by atoms with Crippen molar-refractivity contribution < 1.29 is 4.39 Å². The molecule has 120 valence electrons. The van der Waals surface area contributed by atoms with Gasteiger partial charge >= 0.3 is 0 Å². The van der Waals surface area contributed by atoms with Crippen LogP contribution in [0.25, 0.3) is 22.2 Å². The fourth-order valence-electron chi connectivity index (χ4n) is 2.61. The van der Waals surface area contributed by atoms with E-state index in [0.29, 0.717) is 17.1 Å². The van der Waals surface area contributed by atoms with Crippen molar-refractivity contribution >= 4 is 22.7 Å². The first-order chi connectivity index (χ1) is 12.2. The minimum absolute atomic E-state index is 0.460. The third kappa shape index (κ3) is 2.91. The van der Waals surface area contributed by atoms with E-state index in [9.17, 15) is 4.39 Å². The fraction of sp³-hybridized carbons (Fsp3) is 0. The van der Waals surface area contributed by atoms with Gasteiger partial charge in [-0.1, -0.05) is 12.1 Å². The second-order valence-corrected chi connectivity index (χ2v) is 5.47. The molecule has 4 aromatic rings. The zero-order valence-corrected chi connectivity index (χ0v) is 13.0. The van der Waals surface area contributed by atoms with Crippen molar-refractivity contribution in [1.29, 1.82) is 5.26 Å². The number of H-pyrrole nitrogens is 1. The van der Waals surface area contributed by atoms with Crippen molar-refractivity contribution in [2.24, 2.45) is 0 Å². The number of halogens is 1. The second kappa shape index (κ2) is 6.06. The van der Waals surface area contributed by atoms with Gasteiger partial charge in [0.25, 0.3) is 0 Å². The molecule has 0 aliphatic carbocycles. The molecular formula is C19H12FN5. The highest BCUT2D eigenvalue weighted by Crippen LogP contribution is 2.24. The second-order valence-electron chi connectivity index (χ2n) is 5.47. The van der Waals surface area contributed by atoms with E-state index in [1.165, 1.54) is 6.20 Å². The molecule has 0 aliphatic rings. The fourth-order valence-corrected chi connectivity index (χ4v) is 2.61. The third-order valence-electron chi connectivity index (χ3n) is 3.83. The highest BCUT2D eigenvalue weighted by molar-refractivity contribution is 5.80. The largest absolute Gasteiger partial charge is 0.326 e. The molecule has 0 amide bonds. The quantitative estimate of drug-likeness (QED) is 0.547. The Morgan fingerprint density at radius 3 is 2.68 bits per heavy atom. The number of rotatable bonds is 3. The predicted octanol–water partition coefficient (Wildman–Crippen LogP) is 4.38. The Balaban J connectivity index is 1.59. The molecular weight excluding hydrogens is 317 g/mol. The number of nitrogens with zero attached hydrogens (tertiary/aromatic N) is 3. The zero-order chi connectivity index (χ0) is 17.2. The van der Waals surface area contributed by atoms with Crippen molar-refractivity contribution in [2.75, 3.05) is 5.32 Å². The Morgan fingerprint density at radius 2 is 1.92 bits per heavy atom. The molecule has 25 heavy (non-hydrogen) atoms. The number of hydrogen-bond donors (Lipinski definition) is 2. The highest BCUT2D eigenvalue weighted by atomic mass is 19.1. The van der Waals surface area contributed by atoms with E-state index in [2.05, 4.69) is 26.3 Å². The molecule has 0 spiro atoms. The van der Waals surface area contributed by atoms with Gasteiger partial charge in [0.1, 0.15) is 0 Å². The SMILES string of the molecule is N#Cc1ccc2nc(Nc3ccc(-c4cccnc4F)cc3)[nH]c2c1. The van der Waals surface area contributed by atoms with Gasteiger partial charge < -0.3 is 10.3 Å². The molecule has 0 atom stereocenters. The van der Waals surface area contributed by atoms with Crippen molar-refractivity contribution in [1.82, 2.24) is 15.0 Å². The normalized spacial score (nSPS) is 10.6.